The van der Waals surface area contributed by atoms with Gasteiger partial charge >= 0.3 is 0 Å². The van der Waals surface area contributed by atoms with Gasteiger partial charge in [0, 0.05) is 19.4 Å². The zero-order valence-corrected chi connectivity index (χ0v) is 17.8. The molecule has 32 heavy (non-hydrogen) atoms. The third-order valence-electron chi connectivity index (χ3n) is 5.88. The van der Waals surface area contributed by atoms with Crippen molar-refractivity contribution in [3.63, 3.8) is 0 Å². The standard InChI is InChI=1S/C24H22N4O4/c1-31-13-18-22(14-7-9-16(32-2)10-8-14)24-26-25-23-19(28(24)27-18)11-15(12-21(23)30)17-5-3-4-6-20(17)29/h3-10,15,29H,11-13H2,1-2H3. The second-order valence-electron chi connectivity index (χ2n) is 7.80. The number of aromatic nitrogens is 4. The molecule has 162 valence electrons. The van der Waals surface area contributed by atoms with E-state index in [4.69, 9.17) is 14.6 Å². The molecule has 0 amide bonds. The van der Waals surface area contributed by atoms with Crippen molar-refractivity contribution < 1.29 is 19.4 Å². The van der Waals surface area contributed by atoms with Gasteiger partial charge in [-0.2, -0.15) is 5.10 Å². The highest BCUT2D eigenvalue weighted by atomic mass is 16.5. The van der Waals surface area contributed by atoms with Crippen LogP contribution in [0, 0.1) is 0 Å². The summed E-state index contributed by atoms with van der Waals surface area (Å²) < 4.78 is 12.4. The number of aromatic hydroxyl groups is 1. The van der Waals surface area contributed by atoms with Crippen molar-refractivity contribution in [2.45, 2.75) is 25.4 Å². The molecule has 0 spiro atoms. The van der Waals surface area contributed by atoms with E-state index in [1.54, 1.807) is 30.9 Å². The lowest BCUT2D eigenvalue weighted by Crippen LogP contribution is -2.24. The van der Waals surface area contributed by atoms with Crippen molar-refractivity contribution in [2.75, 3.05) is 14.2 Å². The van der Waals surface area contributed by atoms with Crippen molar-refractivity contribution in [1.29, 1.82) is 0 Å². The number of carbonyl (C=O) groups excluding carboxylic acids is 1. The Morgan fingerprint density at radius 1 is 1.06 bits per heavy atom. The largest absolute Gasteiger partial charge is 0.508 e. The van der Waals surface area contributed by atoms with E-state index in [0.29, 0.717) is 29.1 Å². The van der Waals surface area contributed by atoms with Gasteiger partial charge in [0.05, 0.1) is 30.7 Å². The van der Waals surface area contributed by atoms with E-state index >= 15 is 0 Å². The second kappa shape index (κ2) is 8.05. The number of ether oxygens (including phenoxy) is 2. The molecule has 8 nitrogen and oxygen atoms in total. The molecular formula is C24H22N4O4. The van der Waals surface area contributed by atoms with Gasteiger partial charge in [-0.05, 0) is 35.7 Å². The minimum Gasteiger partial charge on any atom is -0.508 e. The number of Topliss-reactive ketones (excluding diaryl/α,β-unsaturated/α-hetero) is 1. The summed E-state index contributed by atoms with van der Waals surface area (Å²) >= 11 is 0. The summed E-state index contributed by atoms with van der Waals surface area (Å²) in [5.74, 6) is 0.663. The van der Waals surface area contributed by atoms with Gasteiger partial charge in [0.1, 0.15) is 11.5 Å². The first-order valence-corrected chi connectivity index (χ1v) is 10.3. The third kappa shape index (κ3) is 3.29. The molecule has 0 radical (unpaired) electrons. The number of phenolic OH excluding ortho intramolecular Hbond substituents is 1. The molecule has 0 bridgehead atoms. The van der Waals surface area contributed by atoms with E-state index < -0.39 is 0 Å². The summed E-state index contributed by atoms with van der Waals surface area (Å²) in [5, 5.41) is 23.8. The molecule has 2 aromatic carbocycles. The summed E-state index contributed by atoms with van der Waals surface area (Å²) in [5.41, 5.74) is 4.75. The summed E-state index contributed by atoms with van der Waals surface area (Å²) in [7, 11) is 3.23. The fraction of sp³-hybridized carbons (Fsp3) is 0.250. The Morgan fingerprint density at radius 3 is 2.56 bits per heavy atom. The van der Waals surface area contributed by atoms with E-state index in [0.717, 1.165) is 22.4 Å². The average Bonchev–Trinajstić information content (AvgIpc) is 3.18. The van der Waals surface area contributed by atoms with Gasteiger partial charge in [0.2, 0.25) is 0 Å². The number of hydrogen-bond acceptors (Lipinski definition) is 7. The van der Waals surface area contributed by atoms with Crippen LogP contribution in [-0.2, 0) is 17.8 Å². The van der Waals surface area contributed by atoms with E-state index in [1.165, 1.54) is 0 Å². The minimum absolute atomic E-state index is 0.108. The molecule has 5 rings (SSSR count). The topological polar surface area (TPSA) is 98.8 Å². The van der Waals surface area contributed by atoms with E-state index in [9.17, 15) is 9.90 Å². The lowest BCUT2D eigenvalue weighted by atomic mass is 9.83. The molecule has 4 aromatic rings. The Kier molecular flexibility index (Phi) is 5.07. The smallest absolute Gasteiger partial charge is 0.185 e. The summed E-state index contributed by atoms with van der Waals surface area (Å²) in [6.45, 7) is 0.288. The fourth-order valence-electron chi connectivity index (χ4n) is 4.36. The van der Waals surface area contributed by atoms with Crippen molar-refractivity contribution in [2.24, 2.45) is 0 Å². The first kappa shape index (κ1) is 20.1. The van der Waals surface area contributed by atoms with Crippen LogP contribution >= 0.6 is 0 Å². The Labute approximate surface area is 184 Å². The molecule has 1 aliphatic carbocycles. The molecule has 1 N–H and O–H groups in total. The molecule has 0 saturated heterocycles. The Hall–Kier alpha value is -3.78. The highest BCUT2D eigenvalue weighted by molar-refractivity contribution is 5.97. The predicted molar refractivity (Wildman–Crippen MR) is 117 cm³/mol. The highest BCUT2D eigenvalue weighted by Gasteiger charge is 2.32. The molecule has 0 aliphatic heterocycles. The Morgan fingerprint density at radius 2 is 1.84 bits per heavy atom. The molecule has 1 atom stereocenters. The van der Waals surface area contributed by atoms with Crippen LogP contribution in [0.15, 0.2) is 48.5 Å². The number of para-hydroxylation sites is 1. The van der Waals surface area contributed by atoms with E-state index in [2.05, 4.69) is 10.2 Å². The molecule has 1 aliphatic rings. The van der Waals surface area contributed by atoms with Crippen LogP contribution in [0.2, 0.25) is 0 Å². The van der Waals surface area contributed by atoms with Gasteiger partial charge in [-0.25, -0.2) is 4.52 Å². The number of benzene rings is 2. The zero-order chi connectivity index (χ0) is 22.2. The number of methoxy groups -OCH3 is 2. The lowest BCUT2D eigenvalue weighted by molar-refractivity contribution is 0.0955. The van der Waals surface area contributed by atoms with Crippen LogP contribution in [-0.4, -0.2) is 44.9 Å². The Bertz CT molecular complexity index is 1310. The van der Waals surface area contributed by atoms with Crippen molar-refractivity contribution >= 4 is 11.4 Å². The van der Waals surface area contributed by atoms with Gasteiger partial charge in [0.25, 0.3) is 0 Å². The number of hydrogen-bond donors (Lipinski definition) is 1. The quantitative estimate of drug-likeness (QED) is 0.517. The molecule has 8 heteroatoms. The SMILES string of the molecule is COCc1nn2c3c(nnc2c1-c1ccc(OC)cc1)C(=O)CC(c1ccccc1O)C3. The molecule has 0 saturated carbocycles. The number of phenols is 1. The maximum absolute atomic E-state index is 12.9. The van der Waals surface area contributed by atoms with Crippen LogP contribution in [0.4, 0.5) is 0 Å². The average molecular weight is 430 g/mol. The number of rotatable bonds is 5. The molecule has 2 aromatic heterocycles. The molecule has 1 unspecified atom stereocenters. The number of carbonyl (C=O) groups is 1. The van der Waals surface area contributed by atoms with Gasteiger partial charge in [-0.1, -0.05) is 30.3 Å². The van der Waals surface area contributed by atoms with Crippen LogP contribution in [0.5, 0.6) is 11.5 Å². The predicted octanol–water partition coefficient (Wildman–Crippen LogP) is 3.56. The van der Waals surface area contributed by atoms with Crippen molar-refractivity contribution in [1.82, 2.24) is 19.8 Å². The van der Waals surface area contributed by atoms with Gasteiger partial charge < -0.3 is 14.6 Å². The minimum atomic E-state index is -0.164. The Balaban J connectivity index is 1.67. The summed E-state index contributed by atoms with van der Waals surface area (Å²) in [6.07, 6.45) is 0.781. The molecule has 0 fully saturated rings. The van der Waals surface area contributed by atoms with Gasteiger partial charge in [-0.15, -0.1) is 10.2 Å². The number of ketones is 1. The first-order chi connectivity index (χ1) is 15.6. The van der Waals surface area contributed by atoms with E-state index in [1.807, 2.05) is 36.4 Å². The first-order valence-electron chi connectivity index (χ1n) is 10.3. The van der Waals surface area contributed by atoms with E-state index in [-0.39, 0.29) is 30.5 Å². The van der Waals surface area contributed by atoms with Gasteiger partial charge in [-0.3, -0.25) is 4.79 Å². The molecular weight excluding hydrogens is 408 g/mol. The monoisotopic (exact) mass is 430 g/mol. The number of nitrogens with zero attached hydrogens (tertiary/aromatic N) is 4. The summed E-state index contributed by atoms with van der Waals surface area (Å²) in [4.78, 5) is 12.9. The maximum Gasteiger partial charge on any atom is 0.185 e. The lowest BCUT2D eigenvalue weighted by Gasteiger charge is -2.23. The fourth-order valence-corrected chi connectivity index (χ4v) is 4.36. The zero-order valence-electron chi connectivity index (χ0n) is 17.8. The summed E-state index contributed by atoms with van der Waals surface area (Å²) in [6, 6.07) is 14.7. The second-order valence-corrected chi connectivity index (χ2v) is 7.80. The van der Waals surface area contributed by atoms with Crippen molar-refractivity contribution in [3.05, 3.63) is 71.2 Å². The van der Waals surface area contributed by atoms with Crippen LogP contribution in [0.1, 0.15) is 39.8 Å². The van der Waals surface area contributed by atoms with Crippen LogP contribution in [0.3, 0.4) is 0 Å². The van der Waals surface area contributed by atoms with Gasteiger partial charge in [0.15, 0.2) is 17.1 Å². The third-order valence-corrected chi connectivity index (χ3v) is 5.88. The van der Waals surface area contributed by atoms with Crippen molar-refractivity contribution in [3.8, 4) is 22.6 Å². The number of fused-ring (bicyclic) bond motifs is 3. The van der Waals surface area contributed by atoms with Crippen LogP contribution < -0.4 is 4.74 Å². The highest BCUT2D eigenvalue weighted by Crippen LogP contribution is 2.37. The maximum atomic E-state index is 12.9. The normalized spacial score (nSPS) is 15.7. The molecule has 2 heterocycles. The van der Waals surface area contributed by atoms with Crippen LogP contribution in [0.25, 0.3) is 16.8 Å².